The number of alkyl halides is 3. The number of halogens is 4. The highest BCUT2D eigenvalue weighted by Gasteiger charge is 2.34. The monoisotopic (exact) mass is 652 g/mol. The predicted molar refractivity (Wildman–Crippen MR) is 173 cm³/mol. The number of nitrogens with zero attached hydrogens (tertiary/aromatic N) is 4. The van der Waals surface area contributed by atoms with Crippen molar-refractivity contribution < 1.29 is 18.0 Å². The molecule has 0 saturated carbocycles. The number of rotatable bonds is 12. The number of ketones is 1. The van der Waals surface area contributed by atoms with Crippen LogP contribution >= 0.6 is 23.8 Å². The molecule has 0 amide bonds. The Morgan fingerprint density at radius 2 is 1.91 bits per heavy atom. The summed E-state index contributed by atoms with van der Waals surface area (Å²) in [4.78, 5) is 19.5. The van der Waals surface area contributed by atoms with Crippen molar-refractivity contribution >= 4 is 40.4 Å². The van der Waals surface area contributed by atoms with Crippen molar-refractivity contribution in [2.75, 3.05) is 18.4 Å². The number of thiocarbonyl (C=S) groups is 1. The Morgan fingerprint density at radius 3 is 2.58 bits per heavy atom. The van der Waals surface area contributed by atoms with E-state index in [-0.39, 0.29) is 42.5 Å². The standard InChI is InChI=1S/C33H32ClF3N6OS/c1-22-6-11-27(14-30(22)34)41-32(45)42(19-25-4-2-3-5-29(25)33(35,36)37)20-26(12-13-38)31(44)15-28-17-40-21-43(28)18-24-9-7-23(16-39)8-10-24/h2-11,14,17,21,26H,12-13,15,18-20,38H2,1H3,(H,41,45)/t26-/m0/s1. The predicted octanol–water partition coefficient (Wildman–Crippen LogP) is 6.76. The number of Topliss-reactive ketones (excluding diaryl/α,β-unsaturated/α-hetero) is 1. The van der Waals surface area contributed by atoms with Crippen LogP contribution in [0.3, 0.4) is 0 Å². The first kappa shape index (κ1) is 33.6. The normalized spacial score (nSPS) is 11.9. The molecule has 234 valence electrons. The van der Waals surface area contributed by atoms with Gasteiger partial charge in [-0.1, -0.05) is 48.0 Å². The van der Waals surface area contributed by atoms with Crippen molar-refractivity contribution in [2.45, 2.75) is 39.0 Å². The fourth-order valence-electron chi connectivity index (χ4n) is 4.90. The van der Waals surface area contributed by atoms with E-state index in [9.17, 15) is 18.0 Å². The van der Waals surface area contributed by atoms with E-state index in [0.717, 1.165) is 17.2 Å². The van der Waals surface area contributed by atoms with Crippen molar-refractivity contribution in [1.29, 1.82) is 5.26 Å². The minimum atomic E-state index is -4.57. The number of nitrogens with two attached hydrogens (primary N) is 1. The minimum Gasteiger partial charge on any atom is -0.344 e. The van der Waals surface area contributed by atoms with E-state index in [0.29, 0.717) is 34.9 Å². The summed E-state index contributed by atoms with van der Waals surface area (Å²) >= 11 is 12.0. The Balaban J connectivity index is 1.58. The van der Waals surface area contributed by atoms with Crippen LogP contribution < -0.4 is 11.1 Å². The van der Waals surface area contributed by atoms with Crippen LogP contribution in [-0.4, -0.2) is 38.4 Å². The molecule has 0 bridgehead atoms. The van der Waals surface area contributed by atoms with Crippen molar-refractivity contribution in [1.82, 2.24) is 14.5 Å². The fraction of sp³-hybridized carbons (Fsp3) is 0.273. The lowest BCUT2D eigenvalue weighted by Gasteiger charge is -2.30. The van der Waals surface area contributed by atoms with Crippen LogP contribution in [0.1, 0.15) is 39.9 Å². The molecule has 0 aliphatic rings. The van der Waals surface area contributed by atoms with Gasteiger partial charge in [-0.15, -0.1) is 0 Å². The number of carbonyl (C=O) groups is 1. The molecule has 45 heavy (non-hydrogen) atoms. The minimum absolute atomic E-state index is 0.0236. The van der Waals surface area contributed by atoms with Crippen molar-refractivity contribution in [2.24, 2.45) is 11.7 Å². The van der Waals surface area contributed by atoms with Crippen LogP contribution in [0.15, 0.2) is 79.3 Å². The molecule has 12 heteroatoms. The summed E-state index contributed by atoms with van der Waals surface area (Å²) in [5, 5.41) is 12.8. The molecule has 1 aromatic heterocycles. The maximum atomic E-state index is 13.9. The molecule has 3 N–H and O–H groups in total. The number of carbonyl (C=O) groups excluding carboxylic acids is 1. The summed E-state index contributed by atoms with van der Waals surface area (Å²) in [6.07, 6.45) is -0.973. The zero-order valence-electron chi connectivity index (χ0n) is 24.5. The fourth-order valence-corrected chi connectivity index (χ4v) is 5.33. The highest BCUT2D eigenvalue weighted by Crippen LogP contribution is 2.33. The van der Waals surface area contributed by atoms with Crippen LogP contribution in [-0.2, 0) is 30.5 Å². The van der Waals surface area contributed by atoms with E-state index in [1.807, 2.05) is 23.6 Å². The maximum absolute atomic E-state index is 13.9. The van der Waals surface area contributed by atoms with Gasteiger partial charge in [-0.3, -0.25) is 4.79 Å². The molecule has 0 spiro atoms. The number of nitrogens with one attached hydrogen (secondary N) is 1. The Labute approximate surface area is 270 Å². The SMILES string of the molecule is Cc1ccc(NC(=S)N(Cc2ccccc2C(F)(F)F)C[C@H](CCN)C(=O)Cc2cncn2Cc2ccc(C#N)cc2)cc1Cl. The average molecular weight is 653 g/mol. The Bertz CT molecular complexity index is 1680. The average Bonchev–Trinajstić information content (AvgIpc) is 3.44. The number of aryl methyl sites for hydroxylation is 1. The number of anilines is 1. The van der Waals surface area contributed by atoms with E-state index < -0.39 is 17.7 Å². The second-order valence-corrected chi connectivity index (χ2v) is 11.5. The van der Waals surface area contributed by atoms with Gasteiger partial charge in [0.15, 0.2) is 5.11 Å². The highest BCUT2D eigenvalue weighted by molar-refractivity contribution is 7.80. The van der Waals surface area contributed by atoms with Gasteiger partial charge in [0.2, 0.25) is 0 Å². The molecule has 1 atom stereocenters. The number of benzene rings is 3. The number of nitriles is 1. The first-order valence-corrected chi connectivity index (χ1v) is 14.9. The molecule has 0 aliphatic heterocycles. The molecule has 1 heterocycles. The Morgan fingerprint density at radius 1 is 1.18 bits per heavy atom. The molecule has 4 rings (SSSR count). The molecule has 3 aromatic carbocycles. The summed E-state index contributed by atoms with van der Waals surface area (Å²) in [6.45, 7) is 2.35. The first-order chi connectivity index (χ1) is 21.5. The van der Waals surface area contributed by atoms with Gasteiger partial charge in [-0.05, 0) is 79.1 Å². The molecule has 0 fully saturated rings. The number of imidazole rings is 1. The zero-order valence-corrected chi connectivity index (χ0v) is 26.1. The van der Waals surface area contributed by atoms with Gasteiger partial charge in [0, 0.05) is 54.6 Å². The third kappa shape index (κ3) is 9.14. The lowest BCUT2D eigenvalue weighted by molar-refractivity contribution is -0.138. The van der Waals surface area contributed by atoms with Crippen LogP contribution in [0.5, 0.6) is 0 Å². The third-order valence-corrected chi connectivity index (χ3v) is 8.16. The summed E-state index contributed by atoms with van der Waals surface area (Å²) in [5.74, 6) is -0.773. The van der Waals surface area contributed by atoms with E-state index in [1.54, 1.807) is 47.8 Å². The van der Waals surface area contributed by atoms with Crippen molar-refractivity contribution in [3.63, 3.8) is 0 Å². The molecule has 0 radical (unpaired) electrons. The topological polar surface area (TPSA) is 100.0 Å². The molecular weight excluding hydrogens is 621 g/mol. The summed E-state index contributed by atoms with van der Waals surface area (Å²) < 4.78 is 43.6. The number of hydrogen-bond donors (Lipinski definition) is 2. The second kappa shape index (κ2) is 15.2. The van der Waals surface area contributed by atoms with E-state index >= 15 is 0 Å². The Kier molecular flexibility index (Phi) is 11.3. The van der Waals surface area contributed by atoms with Gasteiger partial charge in [-0.2, -0.15) is 18.4 Å². The maximum Gasteiger partial charge on any atom is 0.416 e. The summed E-state index contributed by atoms with van der Waals surface area (Å²) in [7, 11) is 0. The van der Waals surface area contributed by atoms with Crippen LogP contribution in [0, 0.1) is 24.2 Å². The van der Waals surface area contributed by atoms with Crippen molar-refractivity contribution in [3.05, 3.63) is 118 Å². The Hall–Kier alpha value is -4.24. The third-order valence-electron chi connectivity index (χ3n) is 7.40. The zero-order chi connectivity index (χ0) is 32.6. The van der Waals surface area contributed by atoms with Crippen LogP contribution in [0.4, 0.5) is 18.9 Å². The van der Waals surface area contributed by atoms with Gasteiger partial charge in [0.05, 0.1) is 23.5 Å². The van der Waals surface area contributed by atoms with E-state index in [2.05, 4.69) is 16.4 Å². The molecule has 0 unspecified atom stereocenters. The lowest BCUT2D eigenvalue weighted by atomic mass is 9.95. The largest absolute Gasteiger partial charge is 0.416 e. The molecule has 0 saturated heterocycles. The van der Waals surface area contributed by atoms with Gasteiger partial charge >= 0.3 is 6.18 Å². The van der Waals surface area contributed by atoms with Crippen molar-refractivity contribution in [3.8, 4) is 6.07 Å². The lowest BCUT2D eigenvalue weighted by Crippen LogP contribution is -2.41. The quantitative estimate of drug-likeness (QED) is 0.163. The van der Waals surface area contributed by atoms with E-state index in [1.165, 1.54) is 18.2 Å². The number of aromatic nitrogens is 2. The van der Waals surface area contributed by atoms with Crippen LogP contribution in [0.25, 0.3) is 0 Å². The smallest absolute Gasteiger partial charge is 0.344 e. The van der Waals surface area contributed by atoms with Gasteiger partial charge in [0.25, 0.3) is 0 Å². The summed E-state index contributed by atoms with van der Waals surface area (Å²) in [6, 6.07) is 19.8. The molecule has 4 aromatic rings. The second-order valence-electron chi connectivity index (χ2n) is 10.7. The van der Waals surface area contributed by atoms with E-state index in [4.69, 9.17) is 34.8 Å². The van der Waals surface area contributed by atoms with Gasteiger partial charge in [0.1, 0.15) is 5.78 Å². The molecule has 0 aliphatic carbocycles. The van der Waals surface area contributed by atoms with Gasteiger partial charge < -0.3 is 20.5 Å². The summed E-state index contributed by atoms with van der Waals surface area (Å²) in [5.41, 5.74) is 8.74. The molecule has 7 nitrogen and oxygen atoms in total. The highest BCUT2D eigenvalue weighted by atomic mass is 35.5. The number of hydrogen-bond acceptors (Lipinski definition) is 5. The molecular formula is C33H32ClF3N6OS. The first-order valence-electron chi connectivity index (χ1n) is 14.2. The van der Waals surface area contributed by atoms with Crippen LogP contribution in [0.2, 0.25) is 5.02 Å². The van der Waals surface area contributed by atoms with Gasteiger partial charge in [-0.25, -0.2) is 4.98 Å².